The van der Waals surface area contributed by atoms with E-state index in [1.807, 2.05) is 30.3 Å². The molecule has 13 nitrogen and oxygen atoms in total. The molecule has 178 valence electrons. The summed E-state index contributed by atoms with van der Waals surface area (Å²) < 4.78 is 12.4. The molecular formula is C21H24N8O5. The topological polar surface area (TPSA) is 190 Å². The number of nitrogen functional groups attached to an aromatic ring is 1. The van der Waals surface area contributed by atoms with Crippen molar-refractivity contribution in [2.45, 2.75) is 43.9 Å². The summed E-state index contributed by atoms with van der Waals surface area (Å²) in [5.41, 5.74) is 7.73. The highest BCUT2D eigenvalue weighted by molar-refractivity contribution is 5.83. The van der Waals surface area contributed by atoms with Gasteiger partial charge in [0.05, 0.1) is 19.0 Å². The second kappa shape index (κ2) is 8.95. The van der Waals surface area contributed by atoms with Crippen LogP contribution in [0.4, 0.5) is 11.8 Å². The molecule has 0 aliphatic carbocycles. The molecule has 1 aromatic carbocycles. The minimum atomic E-state index is -1.33. The molecule has 0 saturated carbocycles. The second-order valence-corrected chi connectivity index (χ2v) is 8.08. The Morgan fingerprint density at radius 2 is 1.94 bits per heavy atom. The van der Waals surface area contributed by atoms with Gasteiger partial charge in [0.25, 0.3) is 5.89 Å². The van der Waals surface area contributed by atoms with Gasteiger partial charge >= 0.3 is 0 Å². The molecule has 5 rings (SSSR count). The lowest BCUT2D eigenvalue weighted by molar-refractivity contribution is -0.0451. The van der Waals surface area contributed by atoms with Crippen molar-refractivity contribution in [1.29, 1.82) is 0 Å². The number of benzene rings is 1. The zero-order chi connectivity index (χ0) is 23.8. The van der Waals surface area contributed by atoms with Gasteiger partial charge in [-0.25, -0.2) is 4.98 Å². The van der Waals surface area contributed by atoms with E-state index in [9.17, 15) is 15.3 Å². The van der Waals surface area contributed by atoms with Gasteiger partial charge in [0.2, 0.25) is 5.95 Å². The SMILES string of the molecule is Cc1noc([C@H]2O[C@@H](n3cnc4c(N)nc(N[C@H](CO)Cc5ccccc5)nc43)[C@H](O)[C@@H]2O)n1. The third-order valence-electron chi connectivity index (χ3n) is 5.63. The fourth-order valence-electron chi connectivity index (χ4n) is 3.95. The average molecular weight is 468 g/mol. The van der Waals surface area contributed by atoms with Gasteiger partial charge in [-0.15, -0.1) is 0 Å². The fraction of sp³-hybridized carbons (Fsp3) is 0.381. The van der Waals surface area contributed by atoms with Gasteiger partial charge in [-0.1, -0.05) is 35.5 Å². The number of hydrogen-bond donors (Lipinski definition) is 5. The Bertz CT molecular complexity index is 1280. The van der Waals surface area contributed by atoms with Crippen LogP contribution in [-0.4, -0.2) is 69.8 Å². The van der Waals surface area contributed by atoms with Gasteiger partial charge in [0, 0.05) is 0 Å². The van der Waals surface area contributed by atoms with E-state index in [0.29, 0.717) is 17.8 Å². The predicted molar refractivity (Wildman–Crippen MR) is 118 cm³/mol. The number of fused-ring (bicyclic) bond motifs is 1. The standard InChI is InChI=1S/C21H24N8O5/c1-10-24-19(34-28-10)16-14(31)15(32)20(33-16)29-9-23-13-17(22)26-21(27-18(13)29)25-12(8-30)7-11-5-3-2-4-6-11/h2-6,9,12,14-16,20,30-32H,7-8H2,1H3,(H3,22,25,26,27)/t12-,14-,15+,16-,20+/m0/s1. The van der Waals surface area contributed by atoms with Crippen molar-refractivity contribution in [3.8, 4) is 0 Å². The molecule has 0 unspecified atom stereocenters. The number of imidazole rings is 1. The molecule has 0 bridgehead atoms. The number of aromatic nitrogens is 6. The number of rotatable bonds is 7. The number of nitrogens with two attached hydrogens (primary N) is 1. The third-order valence-corrected chi connectivity index (χ3v) is 5.63. The lowest BCUT2D eigenvalue weighted by Gasteiger charge is -2.18. The highest BCUT2D eigenvalue weighted by atomic mass is 16.6. The minimum absolute atomic E-state index is 0.0548. The molecule has 1 aliphatic heterocycles. The van der Waals surface area contributed by atoms with Crippen LogP contribution in [0.1, 0.15) is 29.6 Å². The lowest BCUT2D eigenvalue weighted by atomic mass is 10.1. The fourth-order valence-corrected chi connectivity index (χ4v) is 3.95. The molecule has 5 atom stereocenters. The molecule has 4 heterocycles. The summed E-state index contributed by atoms with van der Waals surface area (Å²) in [4.78, 5) is 17.1. The van der Waals surface area contributed by atoms with Crippen molar-refractivity contribution in [3.05, 3.63) is 53.9 Å². The maximum atomic E-state index is 10.7. The molecular weight excluding hydrogens is 444 g/mol. The van der Waals surface area contributed by atoms with Crippen molar-refractivity contribution >= 4 is 22.9 Å². The van der Waals surface area contributed by atoms with Crippen molar-refractivity contribution in [2.24, 2.45) is 0 Å². The number of hydrogen-bond acceptors (Lipinski definition) is 12. The maximum absolute atomic E-state index is 10.7. The number of aliphatic hydroxyl groups is 3. The molecule has 6 N–H and O–H groups in total. The number of anilines is 2. The predicted octanol–water partition coefficient (Wildman–Crippen LogP) is 0.107. The molecule has 1 saturated heterocycles. The normalized spacial score (nSPS) is 23.4. The first kappa shape index (κ1) is 22.2. The molecule has 1 fully saturated rings. The van der Waals surface area contributed by atoms with E-state index in [1.165, 1.54) is 10.9 Å². The van der Waals surface area contributed by atoms with E-state index in [2.05, 4.69) is 30.4 Å². The summed E-state index contributed by atoms with van der Waals surface area (Å²) in [5, 5.41) is 37.9. The summed E-state index contributed by atoms with van der Waals surface area (Å²) in [5.74, 6) is 0.722. The number of nitrogens with zero attached hydrogens (tertiary/aromatic N) is 6. The Labute approximate surface area is 193 Å². The third kappa shape index (κ3) is 4.05. The molecule has 3 aromatic heterocycles. The van der Waals surface area contributed by atoms with Crippen molar-refractivity contribution < 1.29 is 24.6 Å². The van der Waals surface area contributed by atoms with E-state index in [-0.39, 0.29) is 36.0 Å². The second-order valence-electron chi connectivity index (χ2n) is 8.08. The Kier molecular flexibility index (Phi) is 5.83. The van der Waals surface area contributed by atoms with Gasteiger partial charge in [0.1, 0.15) is 17.7 Å². The van der Waals surface area contributed by atoms with Crippen molar-refractivity contribution in [1.82, 2.24) is 29.7 Å². The molecule has 13 heteroatoms. The molecule has 34 heavy (non-hydrogen) atoms. The van der Waals surface area contributed by atoms with Gasteiger partial charge in [-0.3, -0.25) is 4.57 Å². The number of aliphatic hydroxyl groups excluding tert-OH is 3. The zero-order valence-corrected chi connectivity index (χ0v) is 18.2. The van der Waals surface area contributed by atoms with Crippen LogP contribution in [0.5, 0.6) is 0 Å². The summed E-state index contributed by atoms with van der Waals surface area (Å²) in [6.07, 6.45) is -2.78. The maximum Gasteiger partial charge on any atom is 0.258 e. The smallest absolute Gasteiger partial charge is 0.258 e. The van der Waals surface area contributed by atoms with Crippen LogP contribution in [0.3, 0.4) is 0 Å². The summed E-state index contributed by atoms with van der Waals surface area (Å²) >= 11 is 0. The van der Waals surface area contributed by atoms with Crippen LogP contribution in [0, 0.1) is 6.92 Å². The van der Waals surface area contributed by atoms with Crippen molar-refractivity contribution in [3.63, 3.8) is 0 Å². The highest BCUT2D eigenvalue weighted by Gasteiger charge is 2.47. The van der Waals surface area contributed by atoms with E-state index in [1.54, 1.807) is 6.92 Å². The van der Waals surface area contributed by atoms with E-state index >= 15 is 0 Å². The lowest BCUT2D eigenvalue weighted by Crippen LogP contribution is -2.29. The van der Waals surface area contributed by atoms with E-state index in [4.69, 9.17) is 15.0 Å². The average Bonchev–Trinajstić information content (AvgIpc) is 3.52. The Balaban J connectivity index is 1.43. The first-order chi connectivity index (χ1) is 16.4. The van der Waals surface area contributed by atoms with Crippen LogP contribution in [0.2, 0.25) is 0 Å². The first-order valence-corrected chi connectivity index (χ1v) is 10.7. The van der Waals surface area contributed by atoms with Gasteiger partial charge < -0.3 is 35.6 Å². The Morgan fingerprint density at radius 1 is 1.15 bits per heavy atom. The number of nitrogens with one attached hydrogen (secondary N) is 1. The molecule has 4 aromatic rings. The zero-order valence-electron chi connectivity index (χ0n) is 18.2. The number of ether oxygens (including phenoxy) is 1. The minimum Gasteiger partial charge on any atom is -0.394 e. The Morgan fingerprint density at radius 3 is 2.65 bits per heavy atom. The van der Waals surface area contributed by atoms with Crippen LogP contribution in [-0.2, 0) is 11.2 Å². The summed E-state index contributed by atoms with van der Waals surface area (Å²) in [6, 6.07) is 9.33. The molecule has 0 radical (unpaired) electrons. The van der Waals surface area contributed by atoms with Gasteiger partial charge in [-0.2, -0.15) is 15.0 Å². The Hall–Kier alpha value is -3.65. The van der Waals surface area contributed by atoms with Crippen LogP contribution in [0.25, 0.3) is 11.2 Å². The molecule has 0 spiro atoms. The molecule has 0 amide bonds. The summed E-state index contributed by atoms with van der Waals surface area (Å²) in [7, 11) is 0. The van der Waals surface area contributed by atoms with E-state index < -0.39 is 24.5 Å². The summed E-state index contributed by atoms with van der Waals surface area (Å²) in [6.45, 7) is 1.48. The first-order valence-electron chi connectivity index (χ1n) is 10.7. The highest BCUT2D eigenvalue weighted by Crippen LogP contribution is 2.39. The molecule has 1 aliphatic rings. The van der Waals surface area contributed by atoms with Crippen LogP contribution >= 0.6 is 0 Å². The van der Waals surface area contributed by atoms with Crippen LogP contribution < -0.4 is 11.1 Å². The van der Waals surface area contributed by atoms with Gasteiger partial charge in [-0.05, 0) is 18.9 Å². The number of aryl methyl sites for hydroxylation is 1. The monoisotopic (exact) mass is 468 g/mol. The largest absolute Gasteiger partial charge is 0.394 e. The van der Waals surface area contributed by atoms with Crippen molar-refractivity contribution in [2.75, 3.05) is 17.7 Å². The van der Waals surface area contributed by atoms with Gasteiger partial charge in [0.15, 0.2) is 29.6 Å². The van der Waals surface area contributed by atoms with E-state index in [0.717, 1.165) is 5.56 Å². The quantitative estimate of drug-likeness (QED) is 0.246. The van der Waals surface area contributed by atoms with Crippen LogP contribution in [0.15, 0.2) is 41.2 Å².